The van der Waals surface area contributed by atoms with E-state index in [1.165, 1.54) is 24.5 Å². The standard InChI is InChI=1S/C23H23FN2O3S/c1-26-20(13-18-9-10-19(14-21(18)24)25-30(2,28)29)11-12-22(26)23(27)17-7-5-16(6-8-17)15-3-4-15/h5-12,14-15,25H,3-4,13H2,1-2H3. The Balaban J connectivity index is 1.52. The number of aromatic nitrogens is 1. The predicted octanol–water partition coefficient (Wildman–Crippen LogP) is 4.23. The van der Waals surface area contributed by atoms with Gasteiger partial charge in [-0.2, -0.15) is 0 Å². The average molecular weight is 427 g/mol. The number of rotatable bonds is 7. The molecule has 1 aromatic heterocycles. The fourth-order valence-electron chi connectivity index (χ4n) is 3.59. The average Bonchev–Trinajstić information content (AvgIpc) is 3.47. The second-order valence-corrected chi connectivity index (χ2v) is 9.60. The van der Waals surface area contributed by atoms with Crippen LogP contribution < -0.4 is 4.72 Å². The van der Waals surface area contributed by atoms with Crippen LogP contribution in [0.5, 0.6) is 0 Å². The van der Waals surface area contributed by atoms with Crippen molar-refractivity contribution >= 4 is 21.5 Å². The van der Waals surface area contributed by atoms with Crippen LogP contribution in [0.15, 0.2) is 54.6 Å². The summed E-state index contributed by atoms with van der Waals surface area (Å²) in [7, 11) is -1.68. The maximum atomic E-state index is 14.5. The molecular formula is C23H23FN2O3S. The van der Waals surface area contributed by atoms with Crippen LogP contribution >= 0.6 is 0 Å². The maximum Gasteiger partial charge on any atom is 0.229 e. The van der Waals surface area contributed by atoms with Crippen LogP contribution in [0.1, 0.15) is 51.6 Å². The third-order valence-corrected chi connectivity index (χ3v) is 6.01. The summed E-state index contributed by atoms with van der Waals surface area (Å²) in [5, 5.41) is 0. The van der Waals surface area contributed by atoms with E-state index < -0.39 is 15.8 Å². The molecule has 5 nitrogen and oxygen atoms in total. The van der Waals surface area contributed by atoms with Crippen molar-refractivity contribution in [1.82, 2.24) is 4.57 Å². The first-order valence-electron chi connectivity index (χ1n) is 9.77. The van der Waals surface area contributed by atoms with Crippen molar-refractivity contribution in [3.8, 4) is 0 Å². The van der Waals surface area contributed by atoms with Crippen molar-refractivity contribution < 1.29 is 17.6 Å². The monoisotopic (exact) mass is 426 g/mol. The van der Waals surface area contributed by atoms with E-state index in [1.54, 1.807) is 23.7 Å². The quantitative estimate of drug-likeness (QED) is 0.575. The van der Waals surface area contributed by atoms with E-state index in [0.29, 0.717) is 22.7 Å². The molecule has 0 aliphatic heterocycles. The Morgan fingerprint density at radius 2 is 1.80 bits per heavy atom. The molecule has 1 aliphatic rings. The second-order valence-electron chi connectivity index (χ2n) is 7.85. The molecule has 1 N–H and O–H groups in total. The number of benzene rings is 2. The third kappa shape index (κ3) is 4.46. The molecule has 1 fully saturated rings. The molecule has 2 aromatic carbocycles. The lowest BCUT2D eigenvalue weighted by atomic mass is 10.0. The number of hydrogen-bond donors (Lipinski definition) is 1. The van der Waals surface area contributed by atoms with E-state index in [2.05, 4.69) is 4.72 Å². The summed E-state index contributed by atoms with van der Waals surface area (Å²) in [5.41, 5.74) is 3.84. The Labute approximate surface area is 175 Å². The summed E-state index contributed by atoms with van der Waals surface area (Å²) in [4.78, 5) is 12.9. The van der Waals surface area contributed by atoms with E-state index in [1.807, 2.05) is 30.3 Å². The smallest absolute Gasteiger partial charge is 0.229 e. The minimum absolute atomic E-state index is 0.0701. The van der Waals surface area contributed by atoms with Gasteiger partial charge in [-0.1, -0.05) is 30.3 Å². The number of anilines is 1. The van der Waals surface area contributed by atoms with E-state index in [4.69, 9.17) is 0 Å². The van der Waals surface area contributed by atoms with Gasteiger partial charge >= 0.3 is 0 Å². The van der Waals surface area contributed by atoms with Crippen LogP contribution in [0.3, 0.4) is 0 Å². The van der Waals surface area contributed by atoms with Gasteiger partial charge in [0.1, 0.15) is 5.82 Å². The highest BCUT2D eigenvalue weighted by Crippen LogP contribution is 2.40. The van der Waals surface area contributed by atoms with Crippen LogP contribution in [0.25, 0.3) is 0 Å². The van der Waals surface area contributed by atoms with E-state index in [9.17, 15) is 17.6 Å². The van der Waals surface area contributed by atoms with Crippen LogP contribution in [-0.4, -0.2) is 25.0 Å². The van der Waals surface area contributed by atoms with Gasteiger partial charge in [0.25, 0.3) is 0 Å². The first-order valence-corrected chi connectivity index (χ1v) is 11.7. The van der Waals surface area contributed by atoms with Crippen molar-refractivity contribution in [3.05, 3.63) is 88.5 Å². The number of hydrogen-bond acceptors (Lipinski definition) is 3. The number of nitrogens with zero attached hydrogens (tertiary/aromatic N) is 1. The number of ketones is 1. The normalized spacial score (nSPS) is 14.0. The second kappa shape index (κ2) is 7.72. The Bertz CT molecular complexity index is 1210. The van der Waals surface area contributed by atoms with Crippen molar-refractivity contribution in [2.24, 2.45) is 7.05 Å². The van der Waals surface area contributed by atoms with Crippen molar-refractivity contribution in [2.45, 2.75) is 25.2 Å². The first-order chi connectivity index (χ1) is 14.2. The van der Waals surface area contributed by atoms with Gasteiger partial charge in [-0.05, 0) is 54.2 Å². The number of sulfonamides is 1. The van der Waals surface area contributed by atoms with Gasteiger partial charge in [0, 0.05) is 24.7 Å². The summed E-state index contributed by atoms with van der Waals surface area (Å²) in [6.45, 7) is 0. The highest BCUT2D eigenvalue weighted by molar-refractivity contribution is 7.92. The predicted molar refractivity (Wildman–Crippen MR) is 115 cm³/mol. The molecule has 7 heteroatoms. The van der Waals surface area contributed by atoms with Gasteiger partial charge in [-0.25, -0.2) is 12.8 Å². The molecule has 4 rings (SSSR count). The highest BCUT2D eigenvalue weighted by Gasteiger charge is 2.23. The molecule has 30 heavy (non-hydrogen) atoms. The van der Waals surface area contributed by atoms with Crippen LogP contribution in [0.4, 0.5) is 10.1 Å². The first kappa shape index (κ1) is 20.3. The molecule has 0 saturated heterocycles. The topological polar surface area (TPSA) is 68.2 Å². The van der Waals surface area contributed by atoms with E-state index in [0.717, 1.165) is 18.0 Å². The molecule has 0 bridgehead atoms. The van der Waals surface area contributed by atoms with Gasteiger partial charge < -0.3 is 4.57 Å². The highest BCUT2D eigenvalue weighted by atomic mass is 32.2. The summed E-state index contributed by atoms with van der Waals surface area (Å²) in [5.74, 6) is 0.0670. The maximum absolute atomic E-state index is 14.5. The Kier molecular flexibility index (Phi) is 5.24. The Morgan fingerprint density at radius 3 is 2.40 bits per heavy atom. The summed E-state index contributed by atoms with van der Waals surface area (Å²) < 4.78 is 41.1. The fourth-order valence-corrected chi connectivity index (χ4v) is 4.15. The van der Waals surface area contributed by atoms with Crippen molar-refractivity contribution in [3.63, 3.8) is 0 Å². The van der Waals surface area contributed by atoms with Gasteiger partial charge in [-0.15, -0.1) is 0 Å². The molecule has 1 heterocycles. The van der Waals surface area contributed by atoms with Gasteiger partial charge in [0.15, 0.2) is 0 Å². The van der Waals surface area contributed by atoms with Crippen LogP contribution in [0.2, 0.25) is 0 Å². The lowest BCUT2D eigenvalue weighted by Crippen LogP contribution is -2.11. The zero-order valence-electron chi connectivity index (χ0n) is 16.9. The molecule has 1 saturated carbocycles. The number of carbonyl (C=O) groups is 1. The van der Waals surface area contributed by atoms with Crippen molar-refractivity contribution in [1.29, 1.82) is 0 Å². The third-order valence-electron chi connectivity index (χ3n) is 5.41. The Morgan fingerprint density at radius 1 is 1.10 bits per heavy atom. The summed E-state index contributed by atoms with van der Waals surface area (Å²) in [6, 6.07) is 15.6. The van der Waals surface area contributed by atoms with Crippen molar-refractivity contribution in [2.75, 3.05) is 11.0 Å². The number of halogens is 1. The fraction of sp³-hybridized carbons (Fsp3) is 0.261. The summed E-state index contributed by atoms with van der Waals surface area (Å²) >= 11 is 0. The van der Waals surface area contributed by atoms with Gasteiger partial charge in [-0.3, -0.25) is 9.52 Å². The molecule has 0 spiro atoms. The SMILES string of the molecule is Cn1c(Cc2ccc(NS(C)(=O)=O)cc2F)ccc1C(=O)c1ccc(C2CC2)cc1. The molecule has 0 amide bonds. The van der Waals surface area contributed by atoms with Crippen LogP contribution in [0, 0.1) is 5.82 Å². The number of nitrogens with one attached hydrogen (secondary N) is 1. The van der Waals surface area contributed by atoms with Gasteiger partial charge in [0.2, 0.25) is 15.8 Å². The number of carbonyl (C=O) groups excluding carboxylic acids is 1. The summed E-state index contributed by atoms with van der Waals surface area (Å²) in [6.07, 6.45) is 3.74. The van der Waals surface area contributed by atoms with Crippen LogP contribution in [-0.2, 0) is 23.5 Å². The van der Waals surface area contributed by atoms with E-state index in [-0.39, 0.29) is 17.9 Å². The Hall–Kier alpha value is -2.93. The zero-order chi connectivity index (χ0) is 21.5. The molecule has 0 atom stereocenters. The minimum atomic E-state index is -3.47. The lowest BCUT2D eigenvalue weighted by molar-refractivity contribution is 0.103. The van der Waals surface area contributed by atoms with Gasteiger partial charge in [0.05, 0.1) is 17.6 Å². The molecule has 156 valence electrons. The minimum Gasteiger partial charge on any atom is -0.345 e. The zero-order valence-corrected chi connectivity index (χ0v) is 17.7. The molecule has 0 radical (unpaired) electrons. The molecular weight excluding hydrogens is 403 g/mol. The van der Waals surface area contributed by atoms with E-state index >= 15 is 0 Å². The lowest BCUT2D eigenvalue weighted by Gasteiger charge is -2.10. The largest absolute Gasteiger partial charge is 0.345 e. The molecule has 0 unspecified atom stereocenters. The molecule has 3 aromatic rings. The molecule has 1 aliphatic carbocycles.